The van der Waals surface area contributed by atoms with E-state index in [1.54, 1.807) is 6.07 Å². The molecular formula is C14H11ClF2N2O2. The maximum atomic E-state index is 13.8. The van der Waals surface area contributed by atoms with Crippen LogP contribution < -0.4 is 4.74 Å². The number of oxime groups is 1. The van der Waals surface area contributed by atoms with E-state index in [-0.39, 0.29) is 23.9 Å². The minimum Gasteiger partial charge on any atom is -0.484 e. The fourth-order valence-corrected chi connectivity index (χ4v) is 1.77. The number of halogens is 3. The molecule has 0 amide bonds. The summed E-state index contributed by atoms with van der Waals surface area (Å²) in [5.74, 6) is -0.976. The Hall–Kier alpha value is -2.21. The molecule has 0 saturated heterocycles. The molecule has 0 aliphatic carbocycles. The van der Waals surface area contributed by atoms with Crippen molar-refractivity contribution in [3.63, 3.8) is 0 Å². The number of ether oxygens (including phenoxy) is 1. The third-order valence-corrected chi connectivity index (χ3v) is 2.83. The molecule has 0 bridgehead atoms. The van der Waals surface area contributed by atoms with Crippen molar-refractivity contribution in [1.29, 1.82) is 0 Å². The Morgan fingerprint density at radius 1 is 1.29 bits per heavy atom. The third kappa shape index (κ3) is 4.39. The van der Waals surface area contributed by atoms with Gasteiger partial charge in [0, 0.05) is 6.42 Å². The molecule has 1 heterocycles. The molecule has 0 aliphatic heterocycles. The van der Waals surface area contributed by atoms with Gasteiger partial charge in [0.15, 0.2) is 11.6 Å². The maximum Gasteiger partial charge on any atom is 0.165 e. The Balaban J connectivity index is 2.02. The van der Waals surface area contributed by atoms with Gasteiger partial charge in [0.05, 0.1) is 11.9 Å². The molecule has 0 spiro atoms. The van der Waals surface area contributed by atoms with E-state index in [9.17, 15) is 8.78 Å². The fraction of sp³-hybridized carbons (Fsp3) is 0.143. The van der Waals surface area contributed by atoms with Crippen LogP contribution in [-0.2, 0) is 13.0 Å². The smallest absolute Gasteiger partial charge is 0.165 e. The van der Waals surface area contributed by atoms with E-state index in [0.717, 1.165) is 6.20 Å². The first kappa shape index (κ1) is 15.2. The molecule has 0 fully saturated rings. The van der Waals surface area contributed by atoms with Gasteiger partial charge in [-0.1, -0.05) is 22.8 Å². The Morgan fingerprint density at radius 2 is 2.10 bits per heavy atom. The van der Waals surface area contributed by atoms with Crippen LogP contribution in [-0.4, -0.2) is 15.4 Å². The molecule has 2 aromatic rings. The number of hydrogen-bond acceptors (Lipinski definition) is 4. The van der Waals surface area contributed by atoms with Crippen LogP contribution in [0.3, 0.4) is 0 Å². The monoisotopic (exact) mass is 312 g/mol. The summed E-state index contributed by atoms with van der Waals surface area (Å²) in [5, 5.41) is 11.2. The first-order valence-electron chi connectivity index (χ1n) is 5.96. The van der Waals surface area contributed by atoms with Gasteiger partial charge in [0.25, 0.3) is 0 Å². The van der Waals surface area contributed by atoms with Crippen LogP contribution in [0, 0.1) is 11.6 Å². The second kappa shape index (κ2) is 6.99. The van der Waals surface area contributed by atoms with Crippen molar-refractivity contribution in [1.82, 2.24) is 4.98 Å². The lowest BCUT2D eigenvalue weighted by Crippen LogP contribution is -2.01. The Kier molecular flexibility index (Phi) is 5.05. The van der Waals surface area contributed by atoms with Crippen LogP contribution in [0.1, 0.15) is 11.3 Å². The standard InChI is InChI=1S/C14H11ClF2N2O2/c15-14(19-20)6-9-1-4-13(12(17)5-9)21-8-11-3-2-10(16)7-18-11/h1-5,7,20H,6,8H2/b19-14-. The number of aromatic nitrogens is 1. The molecule has 0 atom stereocenters. The predicted molar refractivity (Wildman–Crippen MR) is 73.7 cm³/mol. The van der Waals surface area contributed by atoms with Crippen molar-refractivity contribution in [3.8, 4) is 5.75 Å². The summed E-state index contributed by atoms with van der Waals surface area (Å²) < 4.78 is 31.8. The summed E-state index contributed by atoms with van der Waals surface area (Å²) in [5.41, 5.74) is 1.03. The minimum atomic E-state index is -0.572. The second-order valence-corrected chi connectivity index (χ2v) is 4.61. The first-order chi connectivity index (χ1) is 10.1. The molecule has 2 rings (SSSR count). The van der Waals surface area contributed by atoms with Gasteiger partial charge in [-0.2, -0.15) is 0 Å². The van der Waals surface area contributed by atoms with Crippen LogP contribution in [0.4, 0.5) is 8.78 Å². The van der Waals surface area contributed by atoms with Crippen LogP contribution >= 0.6 is 11.6 Å². The molecule has 0 unspecified atom stereocenters. The van der Waals surface area contributed by atoms with Gasteiger partial charge in [-0.3, -0.25) is 4.98 Å². The summed E-state index contributed by atoms with van der Waals surface area (Å²) in [4.78, 5) is 3.81. The molecule has 1 aromatic heterocycles. The normalized spacial score (nSPS) is 11.5. The second-order valence-electron chi connectivity index (χ2n) is 4.17. The van der Waals surface area contributed by atoms with E-state index in [1.807, 2.05) is 0 Å². The van der Waals surface area contributed by atoms with E-state index in [0.29, 0.717) is 11.3 Å². The van der Waals surface area contributed by atoms with Crippen LogP contribution in [0.5, 0.6) is 5.75 Å². The van der Waals surface area contributed by atoms with E-state index in [4.69, 9.17) is 21.5 Å². The van der Waals surface area contributed by atoms with Crippen LogP contribution in [0.25, 0.3) is 0 Å². The molecule has 110 valence electrons. The number of pyridine rings is 1. The van der Waals surface area contributed by atoms with Crippen molar-refractivity contribution in [3.05, 3.63) is 59.4 Å². The van der Waals surface area contributed by atoms with Crippen molar-refractivity contribution < 1.29 is 18.7 Å². The number of nitrogens with zero attached hydrogens (tertiary/aromatic N) is 2. The fourth-order valence-electron chi connectivity index (χ4n) is 1.62. The lowest BCUT2D eigenvalue weighted by atomic mass is 10.1. The quantitative estimate of drug-likeness (QED) is 0.522. The van der Waals surface area contributed by atoms with Crippen molar-refractivity contribution in [2.45, 2.75) is 13.0 Å². The average Bonchev–Trinajstić information content (AvgIpc) is 2.48. The van der Waals surface area contributed by atoms with Gasteiger partial charge in [-0.25, -0.2) is 8.78 Å². The molecule has 7 heteroatoms. The number of hydrogen-bond donors (Lipinski definition) is 1. The predicted octanol–water partition coefficient (Wildman–Crippen LogP) is 3.51. The molecular weight excluding hydrogens is 302 g/mol. The highest BCUT2D eigenvalue weighted by Crippen LogP contribution is 2.20. The highest BCUT2D eigenvalue weighted by molar-refractivity contribution is 6.65. The first-order valence-corrected chi connectivity index (χ1v) is 6.34. The minimum absolute atomic E-state index is 0.0232. The molecule has 0 radical (unpaired) electrons. The topological polar surface area (TPSA) is 54.7 Å². The highest BCUT2D eigenvalue weighted by Gasteiger charge is 2.07. The number of rotatable bonds is 5. The lowest BCUT2D eigenvalue weighted by Gasteiger charge is -2.08. The Morgan fingerprint density at radius 3 is 2.71 bits per heavy atom. The molecule has 1 N–H and O–H groups in total. The molecule has 21 heavy (non-hydrogen) atoms. The largest absolute Gasteiger partial charge is 0.484 e. The van der Waals surface area contributed by atoms with Gasteiger partial charge in [-0.15, -0.1) is 0 Å². The Labute approximate surface area is 124 Å². The third-order valence-electron chi connectivity index (χ3n) is 2.62. The zero-order valence-corrected chi connectivity index (χ0v) is 11.5. The highest BCUT2D eigenvalue weighted by atomic mass is 35.5. The van der Waals surface area contributed by atoms with Gasteiger partial charge < -0.3 is 9.94 Å². The number of benzene rings is 1. The molecule has 0 aliphatic rings. The lowest BCUT2D eigenvalue weighted by molar-refractivity contribution is 0.285. The zero-order chi connectivity index (χ0) is 15.2. The zero-order valence-electron chi connectivity index (χ0n) is 10.8. The van der Waals surface area contributed by atoms with Crippen molar-refractivity contribution in [2.75, 3.05) is 0 Å². The average molecular weight is 313 g/mol. The summed E-state index contributed by atoms with van der Waals surface area (Å²) >= 11 is 5.55. The maximum absolute atomic E-state index is 13.8. The van der Waals surface area contributed by atoms with Crippen molar-refractivity contribution >= 4 is 16.8 Å². The summed E-state index contributed by atoms with van der Waals surface area (Å²) in [7, 11) is 0. The van der Waals surface area contributed by atoms with E-state index in [1.165, 1.54) is 24.3 Å². The molecule has 4 nitrogen and oxygen atoms in total. The van der Waals surface area contributed by atoms with Gasteiger partial charge >= 0.3 is 0 Å². The van der Waals surface area contributed by atoms with Crippen LogP contribution in [0.15, 0.2) is 41.7 Å². The Bertz CT molecular complexity index is 648. The SMILES string of the molecule is O/N=C(\Cl)Cc1ccc(OCc2ccc(F)cn2)c(F)c1. The van der Waals surface area contributed by atoms with E-state index in [2.05, 4.69) is 10.1 Å². The van der Waals surface area contributed by atoms with Crippen molar-refractivity contribution in [2.24, 2.45) is 5.16 Å². The van der Waals surface area contributed by atoms with E-state index < -0.39 is 11.6 Å². The summed E-state index contributed by atoms with van der Waals surface area (Å²) in [6.07, 6.45) is 1.18. The van der Waals surface area contributed by atoms with Gasteiger partial charge in [0.1, 0.15) is 17.6 Å². The van der Waals surface area contributed by atoms with E-state index >= 15 is 0 Å². The summed E-state index contributed by atoms with van der Waals surface area (Å²) in [6, 6.07) is 6.99. The molecule has 0 saturated carbocycles. The molecule has 1 aromatic carbocycles. The van der Waals surface area contributed by atoms with Gasteiger partial charge in [0.2, 0.25) is 0 Å². The van der Waals surface area contributed by atoms with Gasteiger partial charge in [-0.05, 0) is 29.8 Å². The summed E-state index contributed by atoms with van der Waals surface area (Å²) in [6.45, 7) is 0.0232. The van der Waals surface area contributed by atoms with Crippen LogP contribution in [0.2, 0.25) is 0 Å².